The SMILES string of the molecule is COC(=O)C(CCC(=O)N1CCN(C(=O)O)Cc2ccccc21)NC(=O)OCc1ccccc1. The van der Waals surface area contributed by atoms with Crippen molar-refractivity contribution in [3.63, 3.8) is 0 Å². The van der Waals surface area contributed by atoms with Crippen molar-refractivity contribution in [2.45, 2.75) is 32.0 Å². The van der Waals surface area contributed by atoms with Gasteiger partial charge in [-0.25, -0.2) is 14.4 Å². The molecule has 0 saturated carbocycles. The molecule has 10 nitrogen and oxygen atoms in total. The molecule has 2 aromatic rings. The molecule has 0 spiro atoms. The molecule has 1 unspecified atom stereocenters. The molecule has 1 heterocycles. The highest BCUT2D eigenvalue weighted by Gasteiger charge is 2.28. The fraction of sp³-hybridized carbons (Fsp3) is 0.333. The molecular formula is C24H27N3O7. The summed E-state index contributed by atoms with van der Waals surface area (Å²) in [6.07, 6.45) is -1.94. The number of rotatable bonds is 7. The lowest BCUT2D eigenvalue weighted by atomic mass is 10.1. The van der Waals surface area contributed by atoms with Gasteiger partial charge in [-0.1, -0.05) is 48.5 Å². The minimum absolute atomic E-state index is 0.00669. The minimum atomic E-state index is -1.07. The van der Waals surface area contributed by atoms with E-state index in [0.717, 1.165) is 5.56 Å². The van der Waals surface area contributed by atoms with Crippen molar-refractivity contribution in [3.05, 3.63) is 65.7 Å². The smallest absolute Gasteiger partial charge is 0.408 e. The van der Waals surface area contributed by atoms with Gasteiger partial charge >= 0.3 is 18.2 Å². The average molecular weight is 469 g/mol. The number of nitrogens with one attached hydrogen (secondary N) is 1. The van der Waals surface area contributed by atoms with Gasteiger partial charge in [-0.3, -0.25) is 4.79 Å². The second-order valence-corrected chi connectivity index (χ2v) is 7.70. The van der Waals surface area contributed by atoms with Gasteiger partial charge < -0.3 is 29.7 Å². The largest absolute Gasteiger partial charge is 0.467 e. The molecule has 1 aliphatic rings. The number of carbonyl (C=O) groups excluding carboxylic acids is 3. The first-order valence-corrected chi connectivity index (χ1v) is 10.8. The molecule has 3 rings (SSSR count). The van der Waals surface area contributed by atoms with E-state index < -0.39 is 24.2 Å². The number of esters is 1. The second-order valence-electron chi connectivity index (χ2n) is 7.70. The number of para-hydroxylation sites is 1. The summed E-state index contributed by atoms with van der Waals surface area (Å²) in [6, 6.07) is 15.1. The fourth-order valence-corrected chi connectivity index (χ4v) is 3.66. The van der Waals surface area contributed by atoms with Crippen LogP contribution in [0.25, 0.3) is 0 Å². The molecule has 0 fully saturated rings. The maximum Gasteiger partial charge on any atom is 0.408 e. The van der Waals surface area contributed by atoms with Gasteiger partial charge in [0.25, 0.3) is 0 Å². The van der Waals surface area contributed by atoms with E-state index in [0.29, 0.717) is 11.3 Å². The zero-order valence-electron chi connectivity index (χ0n) is 18.8. The van der Waals surface area contributed by atoms with Gasteiger partial charge in [0.1, 0.15) is 12.6 Å². The third kappa shape index (κ3) is 6.47. The van der Waals surface area contributed by atoms with E-state index in [1.165, 1.54) is 16.9 Å². The van der Waals surface area contributed by atoms with E-state index >= 15 is 0 Å². The van der Waals surface area contributed by atoms with Gasteiger partial charge in [-0.2, -0.15) is 0 Å². The summed E-state index contributed by atoms with van der Waals surface area (Å²) < 4.78 is 9.92. The van der Waals surface area contributed by atoms with Crippen LogP contribution in [0.1, 0.15) is 24.0 Å². The van der Waals surface area contributed by atoms with E-state index in [9.17, 15) is 24.3 Å². The van der Waals surface area contributed by atoms with Gasteiger partial charge in [0, 0.05) is 25.2 Å². The number of methoxy groups -OCH3 is 1. The van der Waals surface area contributed by atoms with E-state index in [2.05, 4.69) is 5.32 Å². The Morgan fingerprint density at radius 3 is 2.44 bits per heavy atom. The lowest BCUT2D eigenvalue weighted by molar-refractivity contribution is -0.143. The third-order valence-electron chi connectivity index (χ3n) is 5.45. The van der Waals surface area contributed by atoms with Crippen molar-refractivity contribution in [3.8, 4) is 0 Å². The number of anilines is 1. The van der Waals surface area contributed by atoms with E-state index in [1.54, 1.807) is 36.4 Å². The van der Waals surface area contributed by atoms with Crippen LogP contribution in [-0.4, -0.2) is 60.3 Å². The molecule has 2 N–H and O–H groups in total. The van der Waals surface area contributed by atoms with E-state index in [1.807, 2.05) is 18.2 Å². The highest BCUT2D eigenvalue weighted by molar-refractivity contribution is 5.95. The number of nitrogens with zero attached hydrogens (tertiary/aromatic N) is 2. The molecule has 34 heavy (non-hydrogen) atoms. The maximum atomic E-state index is 13.1. The van der Waals surface area contributed by atoms with Crippen molar-refractivity contribution < 1.29 is 33.8 Å². The molecule has 180 valence electrons. The Morgan fingerprint density at radius 1 is 1.03 bits per heavy atom. The van der Waals surface area contributed by atoms with Crippen molar-refractivity contribution in [1.29, 1.82) is 0 Å². The summed E-state index contributed by atoms with van der Waals surface area (Å²) >= 11 is 0. The topological polar surface area (TPSA) is 125 Å². The molecular weight excluding hydrogens is 442 g/mol. The van der Waals surface area contributed by atoms with Gasteiger partial charge in [0.2, 0.25) is 5.91 Å². The highest BCUT2D eigenvalue weighted by Crippen LogP contribution is 2.26. The Bertz CT molecular complexity index is 1030. The fourth-order valence-electron chi connectivity index (χ4n) is 3.66. The van der Waals surface area contributed by atoms with Crippen LogP contribution in [-0.2, 0) is 32.2 Å². The number of fused-ring (bicyclic) bond motifs is 1. The second kappa shape index (κ2) is 11.7. The van der Waals surface area contributed by atoms with Crippen LogP contribution < -0.4 is 10.2 Å². The predicted molar refractivity (Wildman–Crippen MR) is 122 cm³/mol. The molecule has 0 saturated heterocycles. The van der Waals surface area contributed by atoms with Crippen LogP contribution in [0, 0.1) is 0 Å². The van der Waals surface area contributed by atoms with Gasteiger partial charge in [0.05, 0.1) is 13.7 Å². The number of benzene rings is 2. The number of ether oxygens (including phenoxy) is 2. The number of carbonyl (C=O) groups is 4. The summed E-state index contributed by atoms with van der Waals surface area (Å²) in [7, 11) is 1.19. The van der Waals surface area contributed by atoms with Crippen molar-refractivity contribution >= 4 is 29.8 Å². The zero-order chi connectivity index (χ0) is 24.5. The average Bonchev–Trinajstić information content (AvgIpc) is 3.05. The van der Waals surface area contributed by atoms with Crippen LogP contribution >= 0.6 is 0 Å². The van der Waals surface area contributed by atoms with Gasteiger partial charge in [-0.15, -0.1) is 0 Å². The Balaban J connectivity index is 1.62. The molecule has 0 bridgehead atoms. The molecule has 0 radical (unpaired) electrons. The Morgan fingerprint density at radius 2 is 1.74 bits per heavy atom. The lowest BCUT2D eigenvalue weighted by Crippen LogP contribution is -2.43. The zero-order valence-corrected chi connectivity index (χ0v) is 18.8. The first-order chi connectivity index (χ1) is 16.4. The quantitative estimate of drug-likeness (QED) is 0.597. The standard InChI is InChI=1S/C24H27N3O7/c1-33-22(29)19(25-23(30)34-16-17-7-3-2-4-8-17)11-12-21(28)27-14-13-26(24(31)32)15-18-9-5-6-10-20(18)27/h2-10,19H,11-16H2,1H3,(H,25,30)(H,31,32). The third-order valence-corrected chi connectivity index (χ3v) is 5.45. The molecule has 10 heteroatoms. The van der Waals surface area contributed by atoms with Crippen molar-refractivity contribution in [1.82, 2.24) is 10.2 Å². The number of hydrogen-bond donors (Lipinski definition) is 2. The van der Waals surface area contributed by atoms with Crippen LogP contribution in [0.15, 0.2) is 54.6 Å². The number of carboxylic acid groups (broad SMARTS) is 1. The highest BCUT2D eigenvalue weighted by atomic mass is 16.6. The summed E-state index contributed by atoms with van der Waals surface area (Å²) in [4.78, 5) is 51.7. The summed E-state index contributed by atoms with van der Waals surface area (Å²) in [5, 5.41) is 11.9. The Hall–Kier alpha value is -4.08. The number of hydrogen-bond acceptors (Lipinski definition) is 6. The lowest BCUT2D eigenvalue weighted by Gasteiger charge is -2.24. The normalized spacial score (nSPS) is 13.8. The van der Waals surface area contributed by atoms with Crippen molar-refractivity contribution in [2.75, 3.05) is 25.1 Å². The molecule has 2 aromatic carbocycles. The molecule has 1 atom stereocenters. The van der Waals surface area contributed by atoms with Crippen LogP contribution in [0.4, 0.5) is 15.3 Å². The van der Waals surface area contributed by atoms with Crippen LogP contribution in [0.2, 0.25) is 0 Å². The molecule has 3 amide bonds. The Labute approximate surface area is 197 Å². The Kier molecular flexibility index (Phi) is 8.44. The first-order valence-electron chi connectivity index (χ1n) is 10.8. The predicted octanol–water partition coefficient (Wildman–Crippen LogP) is 2.76. The first kappa shape index (κ1) is 24.6. The summed E-state index contributed by atoms with van der Waals surface area (Å²) in [6.45, 7) is 0.539. The number of amides is 3. The van der Waals surface area contributed by atoms with Crippen LogP contribution in [0.3, 0.4) is 0 Å². The molecule has 1 aliphatic heterocycles. The van der Waals surface area contributed by atoms with Gasteiger partial charge in [-0.05, 0) is 23.6 Å². The monoisotopic (exact) mass is 469 g/mol. The van der Waals surface area contributed by atoms with Crippen molar-refractivity contribution in [2.24, 2.45) is 0 Å². The molecule has 0 aromatic heterocycles. The maximum absolute atomic E-state index is 13.1. The van der Waals surface area contributed by atoms with Crippen LogP contribution in [0.5, 0.6) is 0 Å². The number of alkyl carbamates (subject to hydrolysis) is 1. The minimum Gasteiger partial charge on any atom is -0.467 e. The summed E-state index contributed by atoms with van der Waals surface area (Å²) in [5.41, 5.74) is 2.13. The van der Waals surface area contributed by atoms with E-state index in [4.69, 9.17) is 9.47 Å². The van der Waals surface area contributed by atoms with Gasteiger partial charge in [0.15, 0.2) is 0 Å². The van der Waals surface area contributed by atoms with E-state index in [-0.39, 0.29) is 45.0 Å². The molecule has 0 aliphatic carbocycles. The summed E-state index contributed by atoms with van der Waals surface area (Å²) in [5.74, 6) is -0.995.